The second-order valence-electron chi connectivity index (χ2n) is 6.80. The lowest BCUT2D eigenvalue weighted by atomic mass is 10.1. The zero-order valence-electron chi connectivity index (χ0n) is 16.7. The molecule has 1 fully saturated rings. The Labute approximate surface area is 163 Å². The summed E-state index contributed by atoms with van der Waals surface area (Å²) in [5.41, 5.74) is 1.21. The van der Waals surface area contributed by atoms with Crippen LogP contribution in [-0.2, 0) is 9.53 Å². The van der Waals surface area contributed by atoms with Gasteiger partial charge in [-0.05, 0) is 38.7 Å². The molecule has 1 atom stereocenters. The molecule has 27 heavy (non-hydrogen) atoms. The fourth-order valence-electron chi connectivity index (χ4n) is 3.09. The summed E-state index contributed by atoms with van der Waals surface area (Å²) in [4.78, 5) is 18.1. The SMILES string of the molecule is CCNC(=NCCCN1CCCC1=O)NCCCOC(C)c1ccccc1. The quantitative estimate of drug-likeness (QED) is 0.355. The summed E-state index contributed by atoms with van der Waals surface area (Å²) < 4.78 is 5.90. The number of carbonyl (C=O) groups is 1. The first-order valence-electron chi connectivity index (χ1n) is 10.2. The Hall–Kier alpha value is -2.08. The van der Waals surface area contributed by atoms with E-state index in [-0.39, 0.29) is 12.0 Å². The smallest absolute Gasteiger partial charge is 0.222 e. The third-order valence-electron chi connectivity index (χ3n) is 4.62. The molecule has 2 N–H and O–H groups in total. The van der Waals surface area contributed by atoms with E-state index in [1.54, 1.807) is 0 Å². The minimum Gasteiger partial charge on any atom is -0.374 e. The maximum Gasteiger partial charge on any atom is 0.222 e. The molecule has 1 aromatic carbocycles. The average molecular weight is 375 g/mol. The zero-order chi connectivity index (χ0) is 19.3. The van der Waals surface area contributed by atoms with Crippen molar-refractivity contribution in [3.8, 4) is 0 Å². The van der Waals surface area contributed by atoms with Crippen molar-refractivity contribution in [3.05, 3.63) is 35.9 Å². The van der Waals surface area contributed by atoms with Crippen LogP contribution in [0.15, 0.2) is 35.3 Å². The molecule has 0 bridgehead atoms. The third kappa shape index (κ3) is 7.99. The van der Waals surface area contributed by atoms with E-state index in [0.717, 1.165) is 57.9 Å². The van der Waals surface area contributed by atoms with Gasteiger partial charge in [0.25, 0.3) is 0 Å². The van der Waals surface area contributed by atoms with Crippen LogP contribution >= 0.6 is 0 Å². The summed E-state index contributed by atoms with van der Waals surface area (Å²) in [5, 5.41) is 6.61. The summed E-state index contributed by atoms with van der Waals surface area (Å²) in [7, 11) is 0. The molecule has 0 aliphatic carbocycles. The van der Waals surface area contributed by atoms with Crippen LogP contribution in [0.2, 0.25) is 0 Å². The monoisotopic (exact) mass is 374 g/mol. The molecule has 6 heteroatoms. The molecule has 1 aliphatic heterocycles. The molecule has 1 unspecified atom stereocenters. The average Bonchev–Trinajstić information content (AvgIpc) is 3.10. The van der Waals surface area contributed by atoms with Gasteiger partial charge in [-0.3, -0.25) is 9.79 Å². The normalized spacial score (nSPS) is 15.9. The molecule has 1 saturated heterocycles. The number of rotatable bonds is 11. The number of carbonyl (C=O) groups excluding carboxylic acids is 1. The van der Waals surface area contributed by atoms with Crippen LogP contribution in [0.4, 0.5) is 0 Å². The molecule has 1 aromatic rings. The van der Waals surface area contributed by atoms with Crippen LogP contribution in [-0.4, -0.2) is 56.1 Å². The number of guanidine groups is 1. The number of aliphatic imine (C=N–C) groups is 1. The second kappa shape index (κ2) is 12.3. The van der Waals surface area contributed by atoms with Crippen molar-refractivity contribution < 1.29 is 9.53 Å². The van der Waals surface area contributed by atoms with Crippen LogP contribution in [0.25, 0.3) is 0 Å². The van der Waals surface area contributed by atoms with Gasteiger partial charge in [-0.1, -0.05) is 30.3 Å². The van der Waals surface area contributed by atoms with Gasteiger partial charge in [-0.2, -0.15) is 0 Å². The standard InChI is InChI=1S/C21H34N4O2/c1-3-22-21(23-13-8-16-25-15-7-12-20(25)26)24-14-9-17-27-18(2)19-10-5-4-6-11-19/h4-6,10-11,18H,3,7-9,12-17H2,1-2H3,(H2,22,23,24). The van der Waals surface area contributed by atoms with Gasteiger partial charge in [-0.25, -0.2) is 0 Å². The van der Waals surface area contributed by atoms with Gasteiger partial charge in [-0.15, -0.1) is 0 Å². The molecule has 6 nitrogen and oxygen atoms in total. The number of nitrogens with one attached hydrogen (secondary N) is 2. The Morgan fingerprint density at radius 2 is 2.07 bits per heavy atom. The summed E-state index contributed by atoms with van der Waals surface area (Å²) in [6, 6.07) is 10.3. The highest BCUT2D eigenvalue weighted by Crippen LogP contribution is 2.15. The van der Waals surface area contributed by atoms with Crippen molar-refractivity contribution in [3.63, 3.8) is 0 Å². The summed E-state index contributed by atoms with van der Waals surface area (Å²) in [6.07, 6.45) is 3.64. The topological polar surface area (TPSA) is 66.0 Å². The predicted molar refractivity (Wildman–Crippen MR) is 110 cm³/mol. The van der Waals surface area contributed by atoms with Crippen molar-refractivity contribution in [1.82, 2.24) is 15.5 Å². The van der Waals surface area contributed by atoms with Crippen molar-refractivity contribution in [1.29, 1.82) is 0 Å². The Balaban J connectivity index is 1.59. The van der Waals surface area contributed by atoms with E-state index >= 15 is 0 Å². The number of hydrogen-bond acceptors (Lipinski definition) is 3. The Morgan fingerprint density at radius 3 is 2.78 bits per heavy atom. The number of nitrogens with zero attached hydrogens (tertiary/aromatic N) is 2. The molecule has 1 aliphatic rings. The maximum absolute atomic E-state index is 11.6. The maximum atomic E-state index is 11.6. The van der Waals surface area contributed by atoms with Crippen molar-refractivity contribution in [2.24, 2.45) is 4.99 Å². The molecule has 0 spiro atoms. The third-order valence-corrected chi connectivity index (χ3v) is 4.62. The first-order chi connectivity index (χ1) is 13.2. The lowest BCUT2D eigenvalue weighted by Crippen LogP contribution is -2.38. The molecular weight excluding hydrogens is 340 g/mol. The van der Waals surface area contributed by atoms with Crippen LogP contribution in [0.5, 0.6) is 0 Å². The van der Waals surface area contributed by atoms with Crippen LogP contribution in [0, 0.1) is 0 Å². The molecule has 1 amide bonds. The van der Waals surface area contributed by atoms with Gasteiger partial charge in [0.05, 0.1) is 6.10 Å². The van der Waals surface area contributed by atoms with Gasteiger partial charge in [0.1, 0.15) is 0 Å². The van der Waals surface area contributed by atoms with E-state index < -0.39 is 0 Å². The van der Waals surface area contributed by atoms with Crippen molar-refractivity contribution >= 4 is 11.9 Å². The van der Waals surface area contributed by atoms with Gasteiger partial charge < -0.3 is 20.3 Å². The number of amides is 1. The van der Waals surface area contributed by atoms with Crippen LogP contribution in [0.3, 0.4) is 0 Å². The lowest BCUT2D eigenvalue weighted by molar-refractivity contribution is -0.127. The highest BCUT2D eigenvalue weighted by Gasteiger charge is 2.18. The van der Waals surface area contributed by atoms with E-state index in [2.05, 4.69) is 41.6 Å². The van der Waals surface area contributed by atoms with E-state index in [1.807, 2.05) is 23.1 Å². The van der Waals surface area contributed by atoms with Crippen LogP contribution < -0.4 is 10.6 Å². The summed E-state index contributed by atoms with van der Waals surface area (Å²) in [5.74, 6) is 1.12. The van der Waals surface area contributed by atoms with Crippen LogP contribution in [0.1, 0.15) is 51.2 Å². The van der Waals surface area contributed by atoms with E-state index in [0.29, 0.717) is 13.0 Å². The molecule has 2 rings (SSSR count). The fraction of sp³-hybridized carbons (Fsp3) is 0.619. The summed E-state index contributed by atoms with van der Waals surface area (Å²) in [6.45, 7) is 8.94. The van der Waals surface area contributed by atoms with Gasteiger partial charge in [0.15, 0.2) is 5.96 Å². The number of hydrogen-bond donors (Lipinski definition) is 2. The molecular formula is C21H34N4O2. The molecule has 0 radical (unpaired) electrons. The molecule has 1 heterocycles. The lowest BCUT2D eigenvalue weighted by Gasteiger charge is -2.16. The highest BCUT2D eigenvalue weighted by atomic mass is 16.5. The molecule has 0 aromatic heterocycles. The van der Waals surface area contributed by atoms with Crippen molar-refractivity contribution in [2.75, 3.05) is 39.3 Å². The molecule has 0 saturated carbocycles. The van der Waals surface area contributed by atoms with Gasteiger partial charge in [0.2, 0.25) is 5.91 Å². The second-order valence-corrected chi connectivity index (χ2v) is 6.80. The van der Waals surface area contributed by atoms with Gasteiger partial charge in [0, 0.05) is 45.8 Å². The highest BCUT2D eigenvalue weighted by molar-refractivity contribution is 5.79. The Morgan fingerprint density at radius 1 is 1.26 bits per heavy atom. The molecule has 150 valence electrons. The predicted octanol–water partition coefficient (Wildman–Crippen LogP) is 2.72. The summed E-state index contributed by atoms with van der Waals surface area (Å²) >= 11 is 0. The van der Waals surface area contributed by atoms with E-state index in [1.165, 1.54) is 5.56 Å². The van der Waals surface area contributed by atoms with Gasteiger partial charge >= 0.3 is 0 Å². The zero-order valence-corrected chi connectivity index (χ0v) is 16.7. The van der Waals surface area contributed by atoms with E-state index in [4.69, 9.17) is 4.74 Å². The number of benzene rings is 1. The van der Waals surface area contributed by atoms with Crippen molar-refractivity contribution in [2.45, 2.75) is 45.6 Å². The van der Waals surface area contributed by atoms with E-state index in [9.17, 15) is 4.79 Å². The first-order valence-corrected chi connectivity index (χ1v) is 10.2. The minimum atomic E-state index is 0.112. The number of ether oxygens (including phenoxy) is 1. The minimum absolute atomic E-state index is 0.112. The fourth-order valence-corrected chi connectivity index (χ4v) is 3.09. The Bertz CT molecular complexity index is 577. The number of likely N-dealkylation sites (tertiary alicyclic amines) is 1. The first kappa shape index (κ1) is 21.2. The Kier molecular flexibility index (Phi) is 9.69. The largest absolute Gasteiger partial charge is 0.374 e.